The smallest absolute Gasteiger partial charge is 0.122 e. The number of fused-ring (bicyclic) bond motifs is 1. The van der Waals surface area contributed by atoms with Gasteiger partial charge in [0.05, 0.1) is 6.61 Å². The van der Waals surface area contributed by atoms with Crippen molar-refractivity contribution in [3.63, 3.8) is 0 Å². The molecule has 76 valence electrons. The zero-order valence-electron chi connectivity index (χ0n) is 8.57. The van der Waals surface area contributed by atoms with E-state index in [0.29, 0.717) is 5.92 Å². The van der Waals surface area contributed by atoms with Crippen LogP contribution in [0.25, 0.3) is 0 Å². The van der Waals surface area contributed by atoms with Crippen molar-refractivity contribution in [2.45, 2.75) is 25.8 Å². The summed E-state index contributed by atoms with van der Waals surface area (Å²) in [7, 11) is 0. The lowest BCUT2D eigenvalue weighted by atomic mass is 9.90. The molecule has 0 radical (unpaired) electrons. The van der Waals surface area contributed by atoms with Crippen LogP contribution in [0.1, 0.15) is 18.9 Å². The Morgan fingerprint density at radius 2 is 2.29 bits per heavy atom. The Labute approximate surface area is 85.1 Å². The van der Waals surface area contributed by atoms with Gasteiger partial charge in [0.15, 0.2) is 0 Å². The zero-order chi connectivity index (χ0) is 9.97. The van der Waals surface area contributed by atoms with Gasteiger partial charge in [-0.15, -0.1) is 0 Å². The van der Waals surface area contributed by atoms with Crippen LogP contribution in [-0.2, 0) is 6.42 Å². The Balaban J connectivity index is 2.13. The molecule has 0 spiro atoms. The summed E-state index contributed by atoms with van der Waals surface area (Å²) in [5.41, 5.74) is 7.32. The predicted molar refractivity (Wildman–Crippen MR) is 57.4 cm³/mol. The van der Waals surface area contributed by atoms with Gasteiger partial charge in [0.2, 0.25) is 0 Å². The zero-order valence-corrected chi connectivity index (χ0v) is 8.57. The largest absolute Gasteiger partial charge is 0.493 e. The molecule has 1 heterocycles. The van der Waals surface area contributed by atoms with E-state index in [9.17, 15) is 0 Å². The number of para-hydroxylation sites is 1. The van der Waals surface area contributed by atoms with Crippen molar-refractivity contribution >= 4 is 0 Å². The molecule has 2 heteroatoms. The SMILES string of the molecule is CC[C@H](N)C1COc2ccccc2C1. The van der Waals surface area contributed by atoms with Crippen molar-refractivity contribution in [1.82, 2.24) is 0 Å². The van der Waals surface area contributed by atoms with Crippen LogP contribution in [-0.4, -0.2) is 12.6 Å². The van der Waals surface area contributed by atoms with Crippen molar-refractivity contribution in [2.24, 2.45) is 11.7 Å². The molecular formula is C12H17NO. The Bertz CT molecular complexity index is 311. The number of rotatable bonds is 2. The van der Waals surface area contributed by atoms with E-state index in [1.807, 2.05) is 12.1 Å². The van der Waals surface area contributed by atoms with Gasteiger partial charge in [-0.1, -0.05) is 25.1 Å². The molecule has 2 atom stereocenters. The van der Waals surface area contributed by atoms with Crippen LogP contribution in [0.15, 0.2) is 24.3 Å². The maximum atomic E-state index is 6.02. The third-order valence-corrected chi connectivity index (χ3v) is 2.98. The molecule has 2 nitrogen and oxygen atoms in total. The molecule has 0 fully saturated rings. The van der Waals surface area contributed by atoms with E-state index in [2.05, 4.69) is 19.1 Å². The lowest BCUT2D eigenvalue weighted by Crippen LogP contribution is -2.37. The van der Waals surface area contributed by atoms with E-state index in [1.54, 1.807) is 0 Å². The van der Waals surface area contributed by atoms with Crippen LogP contribution in [0.2, 0.25) is 0 Å². The van der Waals surface area contributed by atoms with Gasteiger partial charge < -0.3 is 10.5 Å². The Morgan fingerprint density at radius 3 is 3.07 bits per heavy atom. The average molecular weight is 191 g/mol. The Morgan fingerprint density at radius 1 is 1.50 bits per heavy atom. The summed E-state index contributed by atoms with van der Waals surface area (Å²) in [6.07, 6.45) is 2.08. The van der Waals surface area contributed by atoms with Crippen LogP contribution in [0.4, 0.5) is 0 Å². The number of benzene rings is 1. The number of ether oxygens (including phenoxy) is 1. The molecule has 0 saturated carbocycles. The summed E-state index contributed by atoms with van der Waals surface area (Å²) in [6, 6.07) is 8.50. The van der Waals surface area contributed by atoms with Gasteiger partial charge in [-0.25, -0.2) is 0 Å². The minimum atomic E-state index is 0.267. The number of hydrogen-bond donors (Lipinski definition) is 1. The molecule has 2 N–H and O–H groups in total. The second-order valence-corrected chi connectivity index (χ2v) is 3.96. The first-order valence-corrected chi connectivity index (χ1v) is 5.27. The fourth-order valence-electron chi connectivity index (χ4n) is 1.96. The maximum Gasteiger partial charge on any atom is 0.122 e. The van der Waals surface area contributed by atoms with Gasteiger partial charge in [0.1, 0.15) is 5.75 Å². The molecule has 1 unspecified atom stereocenters. The highest BCUT2D eigenvalue weighted by Crippen LogP contribution is 2.28. The van der Waals surface area contributed by atoms with Gasteiger partial charge in [0.25, 0.3) is 0 Å². The van der Waals surface area contributed by atoms with Crippen molar-refractivity contribution in [2.75, 3.05) is 6.61 Å². The summed E-state index contributed by atoms with van der Waals surface area (Å²) in [5.74, 6) is 1.52. The first-order chi connectivity index (χ1) is 6.81. The third-order valence-electron chi connectivity index (χ3n) is 2.98. The Kier molecular flexibility index (Phi) is 2.73. The summed E-state index contributed by atoms with van der Waals surface area (Å²) < 4.78 is 5.68. The van der Waals surface area contributed by atoms with Crippen molar-refractivity contribution in [1.29, 1.82) is 0 Å². The summed E-state index contributed by atoms with van der Waals surface area (Å²) in [6.45, 7) is 2.90. The molecule has 1 aromatic carbocycles. The van der Waals surface area contributed by atoms with Crippen LogP contribution in [0.3, 0.4) is 0 Å². The topological polar surface area (TPSA) is 35.2 Å². The van der Waals surface area contributed by atoms with Crippen molar-refractivity contribution in [3.05, 3.63) is 29.8 Å². The molecule has 1 aliphatic rings. The molecule has 1 aliphatic heterocycles. The van der Waals surface area contributed by atoms with Gasteiger partial charge in [-0.3, -0.25) is 0 Å². The highest BCUT2D eigenvalue weighted by Gasteiger charge is 2.23. The highest BCUT2D eigenvalue weighted by atomic mass is 16.5. The average Bonchev–Trinajstić information content (AvgIpc) is 2.27. The van der Waals surface area contributed by atoms with E-state index in [-0.39, 0.29) is 6.04 Å². The minimum Gasteiger partial charge on any atom is -0.493 e. The van der Waals surface area contributed by atoms with E-state index in [4.69, 9.17) is 10.5 Å². The van der Waals surface area contributed by atoms with E-state index < -0.39 is 0 Å². The van der Waals surface area contributed by atoms with E-state index in [0.717, 1.165) is 25.2 Å². The van der Waals surface area contributed by atoms with Gasteiger partial charge in [0, 0.05) is 12.0 Å². The second kappa shape index (κ2) is 4.01. The monoisotopic (exact) mass is 191 g/mol. The summed E-state index contributed by atoms with van der Waals surface area (Å²) in [4.78, 5) is 0. The standard InChI is InChI=1S/C12H17NO/c1-2-11(13)10-7-9-5-3-4-6-12(9)14-8-10/h3-6,10-11H,2,7-8,13H2,1H3/t10?,11-/m0/s1. The lowest BCUT2D eigenvalue weighted by molar-refractivity contribution is 0.197. The molecule has 1 aromatic rings. The van der Waals surface area contributed by atoms with Crippen LogP contribution < -0.4 is 10.5 Å². The molecule has 2 rings (SSSR count). The van der Waals surface area contributed by atoms with Crippen LogP contribution in [0.5, 0.6) is 5.75 Å². The fourth-order valence-corrected chi connectivity index (χ4v) is 1.96. The number of nitrogens with two attached hydrogens (primary N) is 1. The highest BCUT2D eigenvalue weighted by molar-refractivity contribution is 5.35. The molecule has 0 amide bonds. The van der Waals surface area contributed by atoms with E-state index >= 15 is 0 Å². The predicted octanol–water partition coefficient (Wildman–Crippen LogP) is 1.97. The second-order valence-electron chi connectivity index (χ2n) is 3.96. The quantitative estimate of drug-likeness (QED) is 0.775. The first-order valence-electron chi connectivity index (χ1n) is 5.27. The van der Waals surface area contributed by atoms with Crippen molar-refractivity contribution < 1.29 is 4.74 Å². The molecule has 0 bridgehead atoms. The van der Waals surface area contributed by atoms with Gasteiger partial charge in [-0.05, 0) is 24.5 Å². The molecule has 0 aliphatic carbocycles. The first kappa shape index (κ1) is 9.53. The van der Waals surface area contributed by atoms with E-state index in [1.165, 1.54) is 5.56 Å². The van der Waals surface area contributed by atoms with Gasteiger partial charge in [-0.2, -0.15) is 0 Å². The maximum absolute atomic E-state index is 6.02. The lowest BCUT2D eigenvalue weighted by Gasteiger charge is -2.28. The van der Waals surface area contributed by atoms with Crippen LogP contribution >= 0.6 is 0 Å². The Hall–Kier alpha value is -1.02. The van der Waals surface area contributed by atoms with Gasteiger partial charge >= 0.3 is 0 Å². The number of hydrogen-bond acceptors (Lipinski definition) is 2. The minimum absolute atomic E-state index is 0.267. The molecule has 14 heavy (non-hydrogen) atoms. The summed E-state index contributed by atoms with van der Waals surface area (Å²) in [5, 5.41) is 0. The molecule has 0 saturated heterocycles. The third kappa shape index (κ3) is 1.75. The molecular weight excluding hydrogens is 174 g/mol. The fraction of sp³-hybridized carbons (Fsp3) is 0.500. The normalized spacial score (nSPS) is 22.3. The molecule has 0 aromatic heterocycles. The van der Waals surface area contributed by atoms with Crippen molar-refractivity contribution in [3.8, 4) is 5.75 Å². The van der Waals surface area contributed by atoms with Crippen LogP contribution in [0, 0.1) is 5.92 Å². The summed E-state index contributed by atoms with van der Waals surface area (Å²) >= 11 is 0.